The molecule has 0 radical (unpaired) electrons. The summed E-state index contributed by atoms with van der Waals surface area (Å²) in [6, 6.07) is 9.75. The first-order chi connectivity index (χ1) is 15.0. The van der Waals surface area contributed by atoms with Gasteiger partial charge in [0.05, 0.1) is 22.5 Å². The monoisotopic (exact) mass is 456 g/mol. The van der Waals surface area contributed by atoms with Gasteiger partial charge in [-0.1, -0.05) is 51.3 Å². The van der Waals surface area contributed by atoms with E-state index in [4.69, 9.17) is 0 Å². The van der Waals surface area contributed by atoms with Crippen LogP contribution in [0.15, 0.2) is 61.3 Å². The number of rotatable bonds is 1. The Morgan fingerprint density at radius 1 is 0.812 bits per heavy atom. The zero-order valence-electron chi connectivity index (χ0n) is 18.0. The van der Waals surface area contributed by atoms with E-state index >= 15 is 0 Å². The lowest BCUT2D eigenvalue weighted by atomic mass is 9.95. The molecule has 0 saturated carbocycles. The molecular formula is C24H26F6N2. The summed E-state index contributed by atoms with van der Waals surface area (Å²) in [5, 5.41) is 2.79. The van der Waals surface area contributed by atoms with Crippen molar-refractivity contribution < 1.29 is 26.3 Å². The number of fused-ring (bicyclic) bond motifs is 1. The van der Waals surface area contributed by atoms with Gasteiger partial charge in [-0.2, -0.15) is 26.3 Å². The van der Waals surface area contributed by atoms with Crippen LogP contribution in [0.4, 0.5) is 37.7 Å². The number of hydrogen-bond donors (Lipinski definition) is 1. The number of nitrogens with one attached hydrogen (secondary N) is 1. The molecule has 174 valence electrons. The van der Waals surface area contributed by atoms with Gasteiger partial charge >= 0.3 is 12.4 Å². The summed E-state index contributed by atoms with van der Waals surface area (Å²) in [4.78, 5) is 1.60. The molecule has 2 aliphatic rings. The Hall–Kier alpha value is -2.90. The van der Waals surface area contributed by atoms with Crippen molar-refractivity contribution in [2.75, 3.05) is 23.3 Å². The standard InChI is InChI=1S/2C11H10F3N.C2H6/c1-7-5-6-15-10-8(7)3-2-4-9(10)11(12,13)14;1-8-6-7-15(8)10-5-3-2-4-9(10)11(12,13)14;1-2/h2-4,15H,1,5-6H2;2-5H,1,6-7H2;1-2H3. The van der Waals surface area contributed by atoms with E-state index in [-0.39, 0.29) is 11.4 Å². The molecule has 0 bridgehead atoms. The zero-order chi connectivity index (χ0) is 24.1. The fraction of sp³-hybridized carbons (Fsp3) is 0.333. The van der Waals surface area contributed by atoms with E-state index in [1.807, 2.05) is 13.8 Å². The van der Waals surface area contributed by atoms with Crippen LogP contribution in [0.2, 0.25) is 0 Å². The highest BCUT2D eigenvalue weighted by Gasteiger charge is 2.36. The third-order valence-electron chi connectivity index (χ3n) is 4.99. The van der Waals surface area contributed by atoms with Gasteiger partial charge in [-0.05, 0) is 30.2 Å². The Morgan fingerprint density at radius 2 is 1.41 bits per heavy atom. The van der Waals surface area contributed by atoms with Gasteiger partial charge in [0.2, 0.25) is 0 Å². The van der Waals surface area contributed by atoms with Crippen molar-refractivity contribution >= 4 is 16.9 Å². The average molecular weight is 456 g/mol. The van der Waals surface area contributed by atoms with Gasteiger partial charge in [0.15, 0.2) is 0 Å². The Balaban J connectivity index is 0.000000211. The van der Waals surface area contributed by atoms with Crippen molar-refractivity contribution in [3.05, 3.63) is 78.0 Å². The first-order valence-electron chi connectivity index (χ1n) is 10.2. The van der Waals surface area contributed by atoms with Gasteiger partial charge < -0.3 is 10.2 Å². The highest BCUT2D eigenvalue weighted by Crippen LogP contribution is 2.41. The van der Waals surface area contributed by atoms with Crippen molar-refractivity contribution in [3.63, 3.8) is 0 Å². The van der Waals surface area contributed by atoms with Gasteiger partial charge in [0, 0.05) is 30.8 Å². The smallest absolute Gasteiger partial charge is 0.384 e. The molecule has 8 heteroatoms. The van der Waals surface area contributed by atoms with E-state index in [0.29, 0.717) is 25.1 Å². The summed E-state index contributed by atoms with van der Waals surface area (Å²) in [6.45, 7) is 12.6. The summed E-state index contributed by atoms with van der Waals surface area (Å²) in [5.41, 5.74) is 1.26. The number of anilines is 2. The number of benzene rings is 2. The summed E-state index contributed by atoms with van der Waals surface area (Å²) in [6.07, 6.45) is -7.15. The van der Waals surface area contributed by atoms with Crippen molar-refractivity contribution in [2.45, 2.75) is 39.0 Å². The van der Waals surface area contributed by atoms with Crippen LogP contribution in [0.25, 0.3) is 5.57 Å². The van der Waals surface area contributed by atoms with Crippen LogP contribution in [-0.2, 0) is 12.4 Å². The van der Waals surface area contributed by atoms with E-state index in [0.717, 1.165) is 29.8 Å². The average Bonchev–Trinajstić information content (AvgIpc) is 2.73. The molecule has 1 saturated heterocycles. The van der Waals surface area contributed by atoms with Crippen LogP contribution in [0.3, 0.4) is 0 Å². The summed E-state index contributed by atoms with van der Waals surface area (Å²) in [5.74, 6) is 0. The number of halogens is 6. The van der Waals surface area contributed by atoms with Gasteiger partial charge in [-0.15, -0.1) is 0 Å². The molecule has 2 aliphatic heterocycles. The van der Waals surface area contributed by atoms with Crippen LogP contribution < -0.4 is 10.2 Å². The van der Waals surface area contributed by atoms with E-state index in [2.05, 4.69) is 18.5 Å². The number of alkyl halides is 6. The molecule has 4 rings (SSSR count). The Kier molecular flexibility index (Phi) is 8.04. The molecule has 0 spiro atoms. The zero-order valence-corrected chi connectivity index (χ0v) is 18.0. The first kappa shape index (κ1) is 25.4. The quantitative estimate of drug-likeness (QED) is 0.438. The van der Waals surface area contributed by atoms with E-state index in [1.165, 1.54) is 18.2 Å². The maximum atomic E-state index is 12.6. The predicted octanol–water partition coefficient (Wildman–Crippen LogP) is 7.99. The molecule has 32 heavy (non-hydrogen) atoms. The van der Waals surface area contributed by atoms with Crippen LogP contribution in [0, 0.1) is 0 Å². The Bertz CT molecular complexity index is 960. The molecule has 2 heterocycles. The van der Waals surface area contributed by atoms with Gasteiger partial charge in [-0.3, -0.25) is 0 Å². The maximum Gasteiger partial charge on any atom is 0.418 e. The lowest BCUT2D eigenvalue weighted by Gasteiger charge is -2.37. The van der Waals surface area contributed by atoms with Crippen LogP contribution in [0.1, 0.15) is 43.4 Å². The molecule has 2 aromatic carbocycles. The third kappa shape index (κ3) is 5.66. The first-order valence-corrected chi connectivity index (χ1v) is 10.2. The lowest BCUT2D eigenvalue weighted by Crippen LogP contribution is -2.35. The summed E-state index contributed by atoms with van der Waals surface area (Å²) in [7, 11) is 0. The second-order valence-electron chi connectivity index (χ2n) is 6.99. The van der Waals surface area contributed by atoms with Crippen molar-refractivity contribution in [3.8, 4) is 0 Å². The highest BCUT2D eigenvalue weighted by atomic mass is 19.4. The minimum atomic E-state index is -4.31. The second-order valence-corrected chi connectivity index (χ2v) is 6.99. The van der Waals surface area contributed by atoms with Crippen LogP contribution >= 0.6 is 0 Å². The molecule has 1 N–H and O–H groups in total. The maximum absolute atomic E-state index is 12.6. The fourth-order valence-corrected chi connectivity index (χ4v) is 3.37. The van der Waals surface area contributed by atoms with Crippen molar-refractivity contribution in [1.29, 1.82) is 0 Å². The third-order valence-corrected chi connectivity index (χ3v) is 4.99. The number of hydrogen-bond acceptors (Lipinski definition) is 2. The minimum Gasteiger partial charge on any atom is -0.384 e. The molecule has 1 fully saturated rings. The molecule has 0 aliphatic carbocycles. The summed E-state index contributed by atoms with van der Waals surface area (Å²) < 4.78 is 75.8. The molecule has 0 unspecified atom stereocenters. The van der Waals surface area contributed by atoms with Gasteiger partial charge in [0.1, 0.15) is 0 Å². The molecule has 0 aromatic heterocycles. The van der Waals surface area contributed by atoms with Gasteiger partial charge in [0.25, 0.3) is 0 Å². The normalized spacial score (nSPS) is 15.3. The number of nitrogens with zero attached hydrogens (tertiary/aromatic N) is 1. The van der Waals surface area contributed by atoms with Crippen LogP contribution in [0.5, 0.6) is 0 Å². The Morgan fingerprint density at radius 3 is 1.94 bits per heavy atom. The largest absolute Gasteiger partial charge is 0.418 e. The SMILES string of the molecule is C=C1CCN1c1ccccc1C(F)(F)F.C=C1CCNc2c1cccc2C(F)(F)F.CC. The Labute approximate surface area is 184 Å². The molecule has 2 nitrogen and oxygen atoms in total. The molecule has 0 atom stereocenters. The van der Waals surface area contributed by atoms with E-state index in [1.54, 1.807) is 17.0 Å². The van der Waals surface area contributed by atoms with E-state index < -0.39 is 23.5 Å². The van der Waals surface area contributed by atoms with Crippen molar-refractivity contribution in [2.24, 2.45) is 0 Å². The van der Waals surface area contributed by atoms with Crippen molar-refractivity contribution in [1.82, 2.24) is 0 Å². The number of para-hydroxylation sites is 2. The minimum absolute atomic E-state index is 0.168. The molecule has 2 aromatic rings. The topological polar surface area (TPSA) is 15.3 Å². The predicted molar refractivity (Wildman–Crippen MR) is 117 cm³/mol. The molecule has 0 amide bonds. The summed E-state index contributed by atoms with van der Waals surface area (Å²) >= 11 is 0. The van der Waals surface area contributed by atoms with Crippen LogP contribution in [-0.4, -0.2) is 13.1 Å². The highest BCUT2D eigenvalue weighted by molar-refractivity contribution is 5.80. The van der Waals surface area contributed by atoms with Gasteiger partial charge in [-0.25, -0.2) is 0 Å². The fourth-order valence-electron chi connectivity index (χ4n) is 3.37. The molecular weight excluding hydrogens is 430 g/mol. The van der Waals surface area contributed by atoms with E-state index in [9.17, 15) is 26.3 Å². The lowest BCUT2D eigenvalue weighted by molar-refractivity contribution is -0.137. The second kappa shape index (κ2) is 10.1.